The Morgan fingerprint density at radius 2 is 1.75 bits per heavy atom. The van der Waals surface area contributed by atoms with Crippen molar-refractivity contribution in [3.8, 4) is 0 Å². The zero-order valence-electron chi connectivity index (χ0n) is 10.3. The number of benzene rings is 2. The molecule has 4 nitrogen and oxygen atoms in total. The molecule has 0 spiro atoms. The molecule has 0 bridgehead atoms. The molecular formula is C14H11BrO4S. The lowest BCUT2D eigenvalue weighted by molar-refractivity contribution is 0.0697. The Morgan fingerprint density at radius 1 is 1.10 bits per heavy atom. The lowest BCUT2D eigenvalue weighted by Gasteiger charge is -2.07. The van der Waals surface area contributed by atoms with Gasteiger partial charge >= 0.3 is 5.97 Å². The van der Waals surface area contributed by atoms with Gasteiger partial charge in [-0.05, 0) is 29.8 Å². The van der Waals surface area contributed by atoms with Gasteiger partial charge < -0.3 is 5.11 Å². The molecule has 2 aromatic rings. The highest BCUT2D eigenvalue weighted by molar-refractivity contribution is 9.10. The van der Waals surface area contributed by atoms with Crippen LogP contribution in [0.4, 0.5) is 0 Å². The van der Waals surface area contributed by atoms with Crippen LogP contribution in [-0.4, -0.2) is 19.5 Å². The van der Waals surface area contributed by atoms with E-state index in [1.54, 1.807) is 18.2 Å². The van der Waals surface area contributed by atoms with Crippen molar-refractivity contribution in [2.45, 2.75) is 10.6 Å². The van der Waals surface area contributed by atoms with Crippen LogP contribution < -0.4 is 0 Å². The Labute approximate surface area is 125 Å². The van der Waals surface area contributed by atoms with Crippen LogP contribution in [0.1, 0.15) is 15.9 Å². The van der Waals surface area contributed by atoms with Crippen LogP contribution in [-0.2, 0) is 15.6 Å². The number of carboxylic acid groups (broad SMARTS) is 1. The van der Waals surface area contributed by atoms with Gasteiger partial charge in [0.15, 0.2) is 9.84 Å². The van der Waals surface area contributed by atoms with Gasteiger partial charge in [-0.25, -0.2) is 13.2 Å². The third-order valence-corrected chi connectivity index (χ3v) is 5.17. The third kappa shape index (κ3) is 3.26. The van der Waals surface area contributed by atoms with Crippen LogP contribution in [0.25, 0.3) is 0 Å². The topological polar surface area (TPSA) is 71.4 Å². The van der Waals surface area contributed by atoms with E-state index in [-0.39, 0.29) is 16.2 Å². The largest absolute Gasteiger partial charge is 0.478 e. The van der Waals surface area contributed by atoms with Crippen LogP contribution in [0.3, 0.4) is 0 Å². The van der Waals surface area contributed by atoms with E-state index in [9.17, 15) is 13.2 Å². The maximum Gasteiger partial charge on any atom is 0.335 e. The first-order valence-electron chi connectivity index (χ1n) is 5.70. The molecule has 0 aliphatic rings. The second-order valence-corrected chi connectivity index (χ2v) is 7.03. The van der Waals surface area contributed by atoms with Crippen molar-refractivity contribution in [1.29, 1.82) is 0 Å². The summed E-state index contributed by atoms with van der Waals surface area (Å²) in [5.74, 6) is -1.24. The molecular weight excluding hydrogens is 344 g/mol. The van der Waals surface area contributed by atoms with Gasteiger partial charge in [0.25, 0.3) is 0 Å². The maximum atomic E-state index is 12.2. The zero-order chi connectivity index (χ0) is 14.8. The van der Waals surface area contributed by atoms with Gasteiger partial charge in [-0.15, -0.1) is 0 Å². The molecule has 0 amide bonds. The number of hydrogen-bond acceptors (Lipinski definition) is 3. The summed E-state index contributed by atoms with van der Waals surface area (Å²) in [7, 11) is -3.45. The van der Waals surface area contributed by atoms with Crippen molar-refractivity contribution in [2.24, 2.45) is 0 Å². The Morgan fingerprint density at radius 3 is 2.30 bits per heavy atom. The number of carbonyl (C=O) groups is 1. The summed E-state index contributed by atoms with van der Waals surface area (Å²) in [5.41, 5.74) is 0.636. The predicted molar refractivity (Wildman–Crippen MR) is 78.4 cm³/mol. The molecule has 0 saturated heterocycles. The first-order chi connectivity index (χ1) is 9.40. The molecule has 0 aromatic heterocycles. The lowest BCUT2D eigenvalue weighted by Crippen LogP contribution is -2.06. The predicted octanol–water partition coefficient (Wildman–Crippen LogP) is 3.12. The van der Waals surface area contributed by atoms with Gasteiger partial charge in [-0.3, -0.25) is 0 Å². The summed E-state index contributed by atoms with van der Waals surface area (Å²) in [6.45, 7) is 0. The summed E-state index contributed by atoms with van der Waals surface area (Å²) >= 11 is 3.21. The number of rotatable bonds is 4. The van der Waals surface area contributed by atoms with Crippen molar-refractivity contribution in [3.63, 3.8) is 0 Å². The molecule has 0 aliphatic heterocycles. The number of sulfone groups is 1. The van der Waals surface area contributed by atoms with Crippen LogP contribution in [0.2, 0.25) is 0 Å². The molecule has 0 saturated carbocycles. The minimum absolute atomic E-state index is 0.109. The second-order valence-electron chi connectivity index (χ2n) is 4.18. The Kier molecular flexibility index (Phi) is 4.25. The highest BCUT2D eigenvalue weighted by atomic mass is 79.9. The molecule has 6 heteroatoms. The molecule has 2 aromatic carbocycles. The van der Waals surface area contributed by atoms with E-state index in [2.05, 4.69) is 15.9 Å². The normalized spacial score (nSPS) is 11.2. The molecule has 0 radical (unpaired) electrons. The van der Waals surface area contributed by atoms with Crippen LogP contribution >= 0.6 is 15.9 Å². The Balaban J connectivity index is 2.33. The fourth-order valence-corrected chi connectivity index (χ4v) is 3.82. The number of hydrogen-bond donors (Lipinski definition) is 1. The summed E-state index contributed by atoms with van der Waals surface area (Å²) in [6.07, 6.45) is 0. The molecule has 104 valence electrons. The van der Waals surface area contributed by atoms with Gasteiger partial charge in [0.1, 0.15) is 0 Å². The number of carboxylic acids is 1. The van der Waals surface area contributed by atoms with Gasteiger partial charge in [-0.1, -0.05) is 40.2 Å². The van der Waals surface area contributed by atoms with Crippen molar-refractivity contribution in [2.75, 3.05) is 0 Å². The number of aromatic carboxylic acids is 1. The summed E-state index contributed by atoms with van der Waals surface area (Å²) in [6, 6.07) is 12.4. The minimum atomic E-state index is -3.45. The highest BCUT2D eigenvalue weighted by Crippen LogP contribution is 2.23. The standard InChI is InChI=1S/C14H11BrO4S/c15-13-8-10(14(16)17)6-7-11(13)9-20(18,19)12-4-2-1-3-5-12/h1-8H,9H2,(H,16,17). The van der Waals surface area contributed by atoms with Crippen molar-refractivity contribution in [1.82, 2.24) is 0 Å². The average molecular weight is 355 g/mol. The second kappa shape index (κ2) is 5.76. The van der Waals surface area contributed by atoms with E-state index in [0.717, 1.165) is 0 Å². The van der Waals surface area contributed by atoms with Crippen LogP contribution in [0.15, 0.2) is 57.9 Å². The quantitative estimate of drug-likeness (QED) is 0.915. The van der Waals surface area contributed by atoms with Crippen molar-refractivity contribution in [3.05, 3.63) is 64.1 Å². The highest BCUT2D eigenvalue weighted by Gasteiger charge is 2.17. The third-order valence-electron chi connectivity index (χ3n) is 2.75. The Hall–Kier alpha value is -1.66. The van der Waals surface area contributed by atoms with Gasteiger partial charge in [0, 0.05) is 4.47 Å². The molecule has 2 rings (SSSR count). The van der Waals surface area contributed by atoms with Crippen molar-refractivity contribution < 1.29 is 18.3 Å². The molecule has 20 heavy (non-hydrogen) atoms. The smallest absolute Gasteiger partial charge is 0.335 e. The Bertz CT molecular complexity index is 739. The van der Waals surface area contributed by atoms with E-state index >= 15 is 0 Å². The first kappa shape index (κ1) is 14.7. The molecule has 0 atom stereocenters. The lowest BCUT2D eigenvalue weighted by atomic mass is 10.1. The molecule has 0 fully saturated rings. The molecule has 1 N–H and O–H groups in total. The SMILES string of the molecule is O=C(O)c1ccc(CS(=O)(=O)c2ccccc2)c(Br)c1. The first-order valence-corrected chi connectivity index (χ1v) is 8.14. The minimum Gasteiger partial charge on any atom is -0.478 e. The van der Waals surface area contributed by atoms with Gasteiger partial charge in [-0.2, -0.15) is 0 Å². The van der Waals surface area contributed by atoms with E-state index in [4.69, 9.17) is 5.11 Å². The number of halogens is 1. The van der Waals surface area contributed by atoms with E-state index in [0.29, 0.717) is 10.0 Å². The van der Waals surface area contributed by atoms with E-state index in [1.807, 2.05) is 0 Å². The molecule has 0 heterocycles. The monoisotopic (exact) mass is 354 g/mol. The maximum absolute atomic E-state index is 12.2. The van der Waals surface area contributed by atoms with Crippen LogP contribution in [0, 0.1) is 0 Å². The average Bonchev–Trinajstić information content (AvgIpc) is 2.41. The molecule has 0 unspecified atom stereocenters. The van der Waals surface area contributed by atoms with Gasteiger partial charge in [0.2, 0.25) is 0 Å². The van der Waals surface area contributed by atoms with Crippen LogP contribution in [0.5, 0.6) is 0 Å². The van der Waals surface area contributed by atoms with E-state index < -0.39 is 15.8 Å². The molecule has 0 aliphatic carbocycles. The summed E-state index contributed by atoms with van der Waals surface area (Å²) < 4.78 is 24.9. The summed E-state index contributed by atoms with van der Waals surface area (Å²) in [5, 5.41) is 8.87. The fourth-order valence-electron chi connectivity index (χ4n) is 1.71. The van der Waals surface area contributed by atoms with Crippen molar-refractivity contribution >= 4 is 31.7 Å². The van der Waals surface area contributed by atoms with E-state index in [1.165, 1.54) is 30.3 Å². The fraction of sp³-hybridized carbons (Fsp3) is 0.0714. The zero-order valence-corrected chi connectivity index (χ0v) is 12.7. The van der Waals surface area contributed by atoms with Gasteiger partial charge in [0.05, 0.1) is 16.2 Å². The summed E-state index contributed by atoms with van der Waals surface area (Å²) in [4.78, 5) is 11.1.